The Labute approximate surface area is 162 Å². The molecule has 126 valence electrons. The van der Waals surface area contributed by atoms with E-state index in [-0.39, 0.29) is 29.8 Å². The second-order valence-electron chi connectivity index (χ2n) is 4.58. The minimum Gasteiger partial charge on any atom is -0.356 e. The van der Waals surface area contributed by atoms with Crippen LogP contribution in [0.5, 0.6) is 0 Å². The van der Waals surface area contributed by atoms with Crippen LogP contribution in [0.4, 0.5) is 4.39 Å². The molecule has 0 spiro atoms. The first-order chi connectivity index (χ1) is 10.8. The van der Waals surface area contributed by atoms with E-state index in [1.807, 2.05) is 18.2 Å². The van der Waals surface area contributed by atoms with Crippen molar-refractivity contribution >= 4 is 53.0 Å². The normalized spacial score (nSPS) is 11.0. The van der Waals surface area contributed by atoms with Crippen molar-refractivity contribution in [3.05, 3.63) is 58.0 Å². The van der Waals surface area contributed by atoms with Gasteiger partial charge in [0.2, 0.25) is 0 Å². The molecule has 0 atom stereocenters. The Morgan fingerprint density at radius 2 is 2.04 bits per heavy atom. The van der Waals surface area contributed by atoms with E-state index in [4.69, 9.17) is 0 Å². The van der Waals surface area contributed by atoms with Crippen LogP contribution >= 0.6 is 47.1 Å². The number of halogens is 2. The third kappa shape index (κ3) is 7.54. The molecule has 1 aromatic heterocycles. The van der Waals surface area contributed by atoms with Crippen LogP contribution in [0, 0.1) is 5.82 Å². The van der Waals surface area contributed by atoms with Gasteiger partial charge in [0, 0.05) is 30.0 Å². The van der Waals surface area contributed by atoms with Crippen molar-refractivity contribution in [2.24, 2.45) is 4.99 Å². The van der Waals surface area contributed by atoms with Gasteiger partial charge in [0.15, 0.2) is 5.96 Å². The van der Waals surface area contributed by atoms with Crippen LogP contribution in [0.1, 0.15) is 10.4 Å². The van der Waals surface area contributed by atoms with Crippen molar-refractivity contribution in [3.63, 3.8) is 0 Å². The van der Waals surface area contributed by atoms with Crippen LogP contribution in [0.15, 0.2) is 46.8 Å². The van der Waals surface area contributed by atoms with Gasteiger partial charge in [-0.15, -0.1) is 35.3 Å². The van der Waals surface area contributed by atoms with E-state index < -0.39 is 0 Å². The van der Waals surface area contributed by atoms with E-state index in [9.17, 15) is 4.39 Å². The molecule has 0 saturated carbocycles. The molecule has 23 heavy (non-hydrogen) atoms. The summed E-state index contributed by atoms with van der Waals surface area (Å²) in [6.07, 6.45) is 0. The van der Waals surface area contributed by atoms with E-state index in [1.54, 1.807) is 36.2 Å². The average molecular weight is 465 g/mol. The summed E-state index contributed by atoms with van der Waals surface area (Å²) in [5.41, 5.74) is 0.757. The summed E-state index contributed by atoms with van der Waals surface area (Å²) in [5, 5.41) is 8.59. The molecule has 0 aliphatic carbocycles. The predicted molar refractivity (Wildman–Crippen MR) is 110 cm³/mol. The van der Waals surface area contributed by atoms with Crippen molar-refractivity contribution in [1.29, 1.82) is 0 Å². The Morgan fingerprint density at radius 1 is 1.22 bits per heavy atom. The lowest BCUT2D eigenvalue weighted by atomic mass is 10.2. The second-order valence-corrected chi connectivity index (χ2v) is 6.71. The van der Waals surface area contributed by atoms with E-state index >= 15 is 0 Å². The largest absolute Gasteiger partial charge is 0.356 e. The maximum atomic E-state index is 13.5. The number of benzene rings is 1. The minimum absolute atomic E-state index is 0. The number of nitrogens with one attached hydrogen (secondary N) is 2. The Hall–Kier alpha value is -0.800. The second kappa shape index (κ2) is 11.7. The lowest BCUT2D eigenvalue weighted by molar-refractivity contribution is 0.617. The Kier molecular flexibility index (Phi) is 10.3. The van der Waals surface area contributed by atoms with Gasteiger partial charge in [0.1, 0.15) is 5.82 Å². The summed E-state index contributed by atoms with van der Waals surface area (Å²) < 4.78 is 13.5. The van der Waals surface area contributed by atoms with Crippen LogP contribution in [-0.4, -0.2) is 25.3 Å². The Balaban J connectivity index is 0.00000264. The third-order valence-corrected chi connectivity index (χ3v) is 4.87. The van der Waals surface area contributed by atoms with Gasteiger partial charge in [-0.1, -0.05) is 24.3 Å². The van der Waals surface area contributed by atoms with Gasteiger partial charge in [-0.3, -0.25) is 4.99 Å². The maximum Gasteiger partial charge on any atom is 0.191 e. The highest BCUT2D eigenvalue weighted by Crippen LogP contribution is 2.14. The summed E-state index contributed by atoms with van der Waals surface area (Å²) >= 11 is 3.43. The maximum absolute atomic E-state index is 13.5. The summed E-state index contributed by atoms with van der Waals surface area (Å²) in [6.45, 7) is 1.57. The Morgan fingerprint density at radius 3 is 2.74 bits per heavy atom. The molecule has 0 unspecified atom stereocenters. The fourth-order valence-corrected chi connectivity index (χ4v) is 3.33. The van der Waals surface area contributed by atoms with Crippen molar-refractivity contribution in [2.45, 2.75) is 12.3 Å². The average Bonchev–Trinajstić information content (AvgIpc) is 3.05. The quantitative estimate of drug-likeness (QED) is 0.280. The van der Waals surface area contributed by atoms with Gasteiger partial charge >= 0.3 is 0 Å². The molecule has 2 N–H and O–H groups in total. The van der Waals surface area contributed by atoms with Crippen LogP contribution in [0.2, 0.25) is 0 Å². The molecule has 3 nitrogen and oxygen atoms in total. The smallest absolute Gasteiger partial charge is 0.191 e. The van der Waals surface area contributed by atoms with E-state index in [1.165, 1.54) is 10.9 Å². The standard InChI is InChI=1S/C16H20FN3S2.HI/c1-18-16(20-11-14-6-4-9-22-14)19-8-10-21-12-13-5-2-3-7-15(13)17;/h2-7,9H,8,10-12H2,1H3,(H2,18,19,20);1H. The fraction of sp³-hybridized carbons (Fsp3) is 0.312. The first-order valence-electron chi connectivity index (χ1n) is 7.07. The molecule has 2 aromatic rings. The number of aliphatic imine (C=N–C) groups is 1. The molecular formula is C16H21FIN3S2. The minimum atomic E-state index is -0.128. The van der Waals surface area contributed by atoms with Crippen LogP contribution < -0.4 is 10.6 Å². The predicted octanol–water partition coefficient (Wildman–Crippen LogP) is 4.10. The number of thiophene rings is 1. The molecule has 0 aliphatic rings. The number of guanidine groups is 1. The lowest BCUT2D eigenvalue weighted by Crippen LogP contribution is -2.37. The van der Waals surface area contributed by atoms with Gasteiger partial charge < -0.3 is 10.6 Å². The van der Waals surface area contributed by atoms with Crippen LogP contribution in [0.3, 0.4) is 0 Å². The molecule has 0 amide bonds. The highest BCUT2D eigenvalue weighted by atomic mass is 127. The zero-order valence-corrected chi connectivity index (χ0v) is 16.9. The number of hydrogen-bond acceptors (Lipinski definition) is 3. The van der Waals surface area contributed by atoms with E-state index in [0.29, 0.717) is 5.75 Å². The molecule has 1 heterocycles. The van der Waals surface area contributed by atoms with E-state index in [0.717, 1.165) is 30.4 Å². The molecule has 0 fully saturated rings. The molecule has 0 aliphatic heterocycles. The van der Waals surface area contributed by atoms with Gasteiger partial charge in [-0.05, 0) is 23.1 Å². The fourth-order valence-electron chi connectivity index (χ4n) is 1.84. The zero-order chi connectivity index (χ0) is 15.6. The monoisotopic (exact) mass is 465 g/mol. The number of thioether (sulfide) groups is 1. The first kappa shape index (κ1) is 20.2. The molecular weight excluding hydrogens is 444 g/mol. The highest BCUT2D eigenvalue weighted by Gasteiger charge is 2.01. The topological polar surface area (TPSA) is 36.4 Å². The van der Waals surface area contributed by atoms with Crippen molar-refractivity contribution < 1.29 is 4.39 Å². The summed E-state index contributed by atoms with van der Waals surface area (Å²) in [4.78, 5) is 5.46. The van der Waals surface area contributed by atoms with Gasteiger partial charge in [-0.25, -0.2) is 4.39 Å². The van der Waals surface area contributed by atoms with Gasteiger partial charge in [0.05, 0.1) is 6.54 Å². The molecule has 0 radical (unpaired) electrons. The molecule has 0 saturated heterocycles. The summed E-state index contributed by atoms with van der Waals surface area (Å²) in [5.74, 6) is 2.25. The number of hydrogen-bond donors (Lipinski definition) is 2. The molecule has 1 aromatic carbocycles. The zero-order valence-electron chi connectivity index (χ0n) is 12.9. The third-order valence-electron chi connectivity index (χ3n) is 2.99. The van der Waals surface area contributed by atoms with Gasteiger partial charge in [-0.2, -0.15) is 11.8 Å². The SMILES string of the molecule is CN=C(NCCSCc1ccccc1F)NCc1cccs1.I. The van der Waals surface area contributed by atoms with Crippen molar-refractivity contribution in [3.8, 4) is 0 Å². The van der Waals surface area contributed by atoms with Crippen molar-refractivity contribution in [2.75, 3.05) is 19.3 Å². The molecule has 0 bridgehead atoms. The number of nitrogens with zero attached hydrogens (tertiary/aromatic N) is 1. The van der Waals surface area contributed by atoms with Crippen molar-refractivity contribution in [1.82, 2.24) is 10.6 Å². The Bertz CT molecular complexity index is 591. The molecule has 7 heteroatoms. The van der Waals surface area contributed by atoms with Crippen LogP contribution in [0.25, 0.3) is 0 Å². The molecule has 2 rings (SSSR count). The summed E-state index contributed by atoms with van der Waals surface area (Å²) in [7, 11) is 1.76. The summed E-state index contributed by atoms with van der Waals surface area (Å²) in [6, 6.07) is 11.1. The van der Waals surface area contributed by atoms with Crippen LogP contribution in [-0.2, 0) is 12.3 Å². The first-order valence-corrected chi connectivity index (χ1v) is 9.11. The lowest BCUT2D eigenvalue weighted by Gasteiger charge is -2.11. The number of rotatable bonds is 7. The van der Waals surface area contributed by atoms with E-state index in [2.05, 4.69) is 27.1 Å². The highest BCUT2D eigenvalue weighted by molar-refractivity contribution is 14.0. The van der Waals surface area contributed by atoms with Gasteiger partial charge in [0.25, 0.3) is 0 Å².